The van der Waals surface area contributed by atoms with E-state index in [1.807, 2.05) is 24.3 Å². The number of aliphatic carboxylic acids is 2. The van der Waals surface area contributed by atoms with Crippen molar-refractivity contribution in [1.82, 2.24) is 9.80 Å². The Morgan fingerprint density at radius 2 is 1.09 bits per heavy atom. The van der Waals surface area contributed by atoms with Gasteiger partial charge in [0.05, 0.1) is 22.6 Å². The molecule has 2 saturated heterocycles. The van der Waals surface area contributed by atoms with E-state index in [1.54, 1.807) is 84.9 Å². The van der Waals surface area contributed by atoms with Crippen LogP contribution < -0.4 is 34.8 Å². The zero-order valence-electron chi connectivity index (χ0n) is 40.0. The average Bonchev–Trinajstić information content (AvgIpc) is 3.39. The molecule has 4 aromatic rings. The van der Waals surface area contributed by atoms with Crippen molar-refractivity contribution in [3.63, 3.8) is 0 Å². The average molecular weight is 1150 g/mol. The first-order valence-electron chi connectivity index (χ1n) is 22.0. The number of benzene rings is 4. The Hall–Kier alpha value is -5.20. The van der Waals surface area contributed by atoms with Gasteiger partial charge in [0, 0.05) is 76.6 Å². The third kappa shape index (κ3) is 17.7. The number of thiol groups is 1. The normalized spacial score (nSPS) is 17.9. The number of hydrogen-bond acceptors (Lipinski definition) is 16. The number of β-lactam (4-membered cyclic amide) rings is 2. The molecular weight excluding hydrogens is 1100 g/mol. The number of nitrogens with zero attached hydrogens (tertiary/aromatic N) is 2. The molecule has 0 aromatic heterocycles. The van der Waals surface area contributed by atoms with Gasteiger partial charge in [-0.15, -0.1) is 36.2 Å². The molecule has 4 atom stereocenters. The standard InChI is InChI=1S/C24H20ClNO5S2.C19H18ClNO6S.C7H6OS.CH2O3.Na/c25-17-8-6-14(7-9-17)10-18(27)11-19-21(28)26-20(23(29)30)16(12-32-22(19)26)13-33-24(31)15-4-2-1-3-5-15;1-10(22)27-8-12-9-28-18-15(17(24)21(18)16(12)19(25)26)7-14(23)6-11-2-4-13(20)5-3-11;8-7(9)6-4-2-1-3-5-6;2-1-4-3;/h1-9,19,22H,10-13H2,(H,29,30);2-5,15,18H,6-9H2,1H3,(H,25,26);1-5H,(H,8,9);1,3H;/q;;;;+1/p-1/t19-,22-;15-,18-;;;/m11.../s1. The molecule has 0 saturated carbocycles. The Labute approximate surface area is 480 Å². The van der Waals surface area contributed by atoms with Crippen molar-refractivity contribution in [2.75, 3.05) is 23.9 Å². The molecule has 4 aliphatic rings. The van der Waals surface area contributed by atoms with E-state index in [-0.39, 0.29) is 124 Å². The molecule has 17 nitrogen and oxygen atoms in total. The molecule has 4 aliphatic heterocycles. The van der Waals surface area contributed by atoms with Gasteiger partial charge in [0.15, 0.2) is 0 Å². The van der Waals surface area contributed by atoms with E-state index in [1.165, 1.54) is 40.2 Å². The summed E-state index contributed by atoms with van der Waals surface area (Å²) < 4.78 is 4.90. The van der Waals surface area contributed by atoms with Crippen LogP contribution in [-0.2, 0) is 60.8 Å². The van der Waals surface area contributed by atoms with Crippen LogP contribution in [0.4, 0.5) is 0 Å². The number of Topliss-reactive ketones (excluding diaryl/α,β-unsaturated/α-hetero) is 2. The first-order valence-corrected chi connectivity index (χ1v) is 26.3. The van der Waals surface area contributed by atoms with Crippen LogP contribution in [0, 0.1) is 11.8 Å². The summed E-state index contributed by atoms with van der Waals surface area (Å²) in [6, 6.07) is 31.6. The van der Waals surface area contributed by atoms with Gasteiger partial charge in [-0.05, 0) is 41.0 Å². The molecule has 0 bridgehead atoms. The molecular formula is C51H45Cl2N2NaO15S4. The van der Waals surface area contributed by atoms with Crippen LogP contribution in [0.15, 0.2) is 132 Å². The number of rotatable bonds is 17. The molecule has 0 spiro atoms. The minimum absolute atomic E-state index is 0. The first kappa shape index (κ1) is 62.3. The van der Waals surface area contributed by atoms with Crippen LogP contribution >= 0.6 is 71.1 Å². The quantitative estimate of drug-likeness (QED) is 0.0259. The van der Waals surface area contributed by atoms with E-state index in [4.69, 9.17) is 38.0 Å². The fourth-order valence-electron chi connectivity index (χ4n) is 7.73. The number of carboxylic acid groups (broad SMARTS) is 2. The van der Waals surface area contributed by atoms with Crippen molar-refractivity contribution in [2.24, 2.45) is 11.8 Å². The maximum Gasteiger partial charge on any atom is 1.00 e. The number of ketones is 2. The molecule has 4 aromatic carbocycles. The van der Waals surface area contributed by atoms with Crippen LogP contribution in [-0.4, -0.2) is 113 Å². The Bertz CT molecular complexity index is 2820. The van der Waals surface area contributed by atoms with E-state index >= 15 is 0 Å². The van der Waals surface area contributed by atoms with Crippen molar-refractivity contribution in [3.8, 4) is 0 Å². The summed E-state index contributed by atoms with van der Waals surface area (Å²) in [5.41, 5.74) is 3.53. The Kier molecular flexibility index (Phi) is 25.4. The largest absolute Gasteiger partial charge is 1.00 e. The molecule has 0 unspecified atom stereocenters. The maximum absolute atomic E-state index is 12.8. The second kappa shape index (κ2) is 30.5. The second-order valence-corrected chi connectivity index (χ2v) is 20.7. The number of hydrogen-bond donors (Lipinski definition) is 3. The number of carbonyl (C=O) groups excluding carboxylic acids is 8. The van der Waals surface area contributed by atoms with E-state index in [9.17, 15) is 53.4 Å². The van der Waals surface area contributed by atoms with Gasteiger partial charge in [-0.2, -0.15) is 0 Å². The summed E-state index contributed by atoms with van der Waals surface area (Å²) in [6.45, 7) is 0.886. The number of fused-ring (bicyclic) bond motifs is 2. The topological polar surface area (TPSA) is 259 Å². The van der Waals surface area contributed by atoms with Gasteiger partial charge in [-0.3, -0.25) is 48.2 Å². The molecule has 0 aliphatic carbocycles. The van der Waals surface area contributed by atoms with Gasteiger partial charge in [0.2, 0.25) is 22.0 Å². The number of amides is 2. The maximum atomic E-state index is 12.8. The minimum Gasteiger partial charge on any atom is -0.662 e. The van der Waals surface area contributed by atoms with Crippen LogP contribution in [0.1, 0.15) is 51.6 Å². The Morgan fingerprint density at radius 3 is 1.47 bits per heavy atom. The molecule has 24 heteroatoms. The summed E-state index contributed by atoms with van der Waals surface area (Å²) in [7, 11) is 0. The van der Waals surface area contributed by atoms with Gasteiger partial charge in [-0.1, -0.05) is 120 Å². The van der Waals surface area contributed by atoms with Crippen LogP contribution in [0.2, 0.25) is 10.0 Å². The summed E-state index contributed by atoms with van der Waals surface area (Å²) in [6.07, 6.45) is 0.516. The van der Waals surface area contributed by atoms with Crippen molar-refractivity contribution >= 4 is 129 Å². The molecule has 75 heavy (non-hydrogen) atoms. The number of thioether (sulfide) groups is 3. The number of halogens is 2. The number of carbonyl (C=O) groups is 10. The third-order valence-electron chi connectivity index (χ3n) is 11.1. The van der Waals surface area contributed by atoms with Gasteiger partial charge in [-0.25, -0.2) is 9.59 Å². The van der Waals surface area contributed by atoms with Crippen LogP contribution in [0.3, 0.4) is 0 Å². The number of ether oxygens (including phenoxy) is 1. The fraction of sp³-hybridized carbons (Fsp3) is 0.255. The van der Waals surface area contributed by atoms with E-state index < -0.39 is 35.1 Å². The fourth-order valence-corrected chi connectivity index (χ4v) is 11.9. The van der Waals surface area contributed by atoms with E-state index in [0.717, 1.165) is 22.9 Å². The van der Waals surface area contributed by atoms with Crippen LogP contribution in [0.25, 0.3) is 0 Å². The van der Waals surface area contributed by atoms with E-state index in [0.29, 0.717) is 43.8 Å². The first-order chi connectivity index (χ1) is 35.3. The smallest absolute Gasteiger partial charge is 0.662 e. The molecule has 4 heterocycles. The Morgan fingerprint density at radius 1 is 0.693 bits per heavy atom. The van der Waals surface area contributed by atoms with Crippen LogP contribution in [0.5, 0.6) is 0 Å². The third-order valence-corrected chi connectivity index (χ3v) is 15.7. The number of esters is 1. The molecule has 2 amide bonds. The minimum atomic E-state index is -1.24. The predicted molar refractivity (Wildman–Crippen MR) is 279 cm³/mol. The predicted octanol–water partition coefficient (Wildman–Crippen LogP) is 3.76. The molecule has 388 valence electrons. The second-order valence-electron chi connectivity index (χ2n) is 16.2. The summed E-state index contributed by atoms with van der Waals surface area (Å²) in [4.78, 5) is 122. The summed E-state index contributed by atoms with van der Waals surface area (Å²) >= 11 is 19.2. The Balaban J connectivity index is 0.000000261. The van der Waals surface area contributed by atoms with Crippen molar-refractivity contribution < 1.29 is 103 Å². The molecule has 0 radical (unpaired) electrons. The zero-order chi connectivity index (χ0) is 54.1. The SMILES string of the molecule is CC(=O)OCC1=C(C(=O)O)N2C(=O)[C@@H](CC(=O)Cc3ccc(Cl)cc3)[C@H]2SC1.O=C(Cc1ccc(Cl)cc1)C[C@@H]1C(=O)N2C(C(=O)O)=C(CSC(=O)c3ccccc3)CS[C@H]12.O=C(S)c1ccccc1.O=CO[O-].[Na+]. The zero-order valence-corrected chi connectivity index (χ0v) is 46.8. The van der Waals surface area contributed by atoms with Crippen molar-refractivity contribution in [1.29, 1.82) is 0 Å². The van der Waals surface area contributed by atoms with Crippen molar-refractivity contribution in [3.05, 3.63) is 164 Å². The molecule has 8 rings (SSSR count). The van der Waals surface area contributed by atoms with Gasteiger partial charge < -0.3 is 25.1 Å². The van der Waals surface area contributed by atoms with E-state index in [2.05, 4.69) is 17.5 Å². The molecule has 2 fully saturated rings. The summed E-state index contributed by atoms with van der Waals surface area (Å²) in [5, 5.41) is 27.8. The monoisotopic (exact) mass is 1150 g/mol. The van der Waals surface area contributed by atoms with Gasteiger partial charge >= 0.3 is 47.5 Å². The van der Waals surface area contributed by atoms with Gasteiger partial charge in [0.25, 0.3) is 6.47 Å². The summed E-state index contributed by atoms with van der Waals surface area (Å²) in [5.74, 6) is -4.04. The molecule has 2 N–H and O–H groups in total. The van der Waals surface area contributed by atoms with Gasteiger partial charge in [0.1, 0.15) is 29.6 Å². The number of carboxylic acids is 2. The van der Waals surface area contributed by atoms with Crippen molar-refractivity contribution in [2.45, 2.75) is 43.4 Å².